The largest absolute Gasteiger partial charge is 0.326 e. The van der Waals surface area contributed by atoms with Gasteiger partial charge in [-0.15, -0.1) is 0 Å². The number of nitrogens with zero attached hydrogens (tertiary/aromatic N) is 1. The van der Waals surface area contributed by atoms with Gasteiger partial charge in [0.05, 0.1) is 11.8 Å². The zero-order chi connectivity index (χ0) is 17.6. The van der Waals surface area contributed by atoms with Crippen LogP contribution in [0, 0.1) is 30.6 Å². The molecule has 0 unspecified atom stereocenters. The number of anilines is 1. The van der Waals surface area contributed by atoms with Gasteiger partial charge in [-0.3, -0.25) is 19.3 Å². The van der Waals surface area contributed by atoms with Crippen LogP contribution in [0.4, 0.5) is 5.69 Å². The summed E-state index contributed by atoms with van der Waals surface area (Å²) in [5.74, 6) is -0.363. The fourth-order valence-corrected chi connectivity index (χ4v) is 4.43. The number of nitrogens with one attached hydrogen (secondary N) is 1. The van der Waals surface area contributed by atoms with Gasteiger partial charge >= 0.3 is 0 Å². The summed E-state index contributed by atoms with van der Waals surface area (Å²) in [6.07, 6.45) is 6.32. The lowest BCUT2D eigenvalue weighted by molar-refractivity contribution is -0.140. The minimum atomic E-state index is -0.198. The Bertz CT molecular complexity index is 721. The lowest BCUT2D eigenvalue weighted by atomic mass is 9.63. The molecule has 1 aromatic rings. The van der Waals surface area contributed by atoms with Crippen LogP contribution in [0.5, 0.6) is 0 Å². The van der Waals surface area contributed by atoms with Crippen LogP contribution >= 0.6 is 0 Å². The van der Waals surface area contributed by atoms with Crippen LogP contribution in [0.3, 0.4) is 0 Å². The van der Waals surface area contributed by atoms with Crippen molar-refractivity contribution in [3.8, 4) is 0 Å². The third-order valence-corrected chi connectivity index (χ3v) is 5.75. The van der Waals surface area contributed by atoms with Crippen molar-refractivity contribution in [2.45, 2.75) is 26.2 Å². The average Bonchev–Trinajstić information content (AvgIpc) is 2.89. The predicted molar refractivity (Wildman–Crippen MR) is 93.5 cm³/mol. The van der Waals surface area contributed by atoms with Crippen molar-refractivity contribution in [3.05, 3.63) is 42.0 Å². The summed E-state index contributed by atoms with van der Waals surface area (Å²) in [4.78, 5) is 38.8. The molecule has 3 amide bonds. The van der Waals surface area contributed by atoms with Gasteiger partial charge in [0.2, 0.25) is 17.7 Å². The Morgan fingerprint density at radius 1 is 1.04 bits per heavy atom. The standard InChI is InChI=1S/C20H22N2O3/c1-12-2-8-15(9-3-12)21-16(23)10-11-22-19(24)17-13-4-5-14(7-6-13)18(17)20(22)25/h2-5,8-9,13-14,17-18H,6-7,10-11H2,1H3,(H,21,23)/t13-,14-,17+,18+/m0/s1. The molecule has 2 fully saturated rings. The Balaban J connectivity index is 1.38. The highest BCUT2D eigenvalue weighted by atomic mass is 16.2. The quantitative estimate of drug-likeness (QED) is 0.678. The molecule has 1 heterocycles. The summed E-state index contributed by atoms with van der Waals surface area (Å²) in [5.41, 5.74) is 1.85. The van der Waals surface area contributed by atoms with E-state index < -0.39 is 0 Å². The van der Waals surface area contributed by atoms with Crippen molar-refractivity contribution in [2.75, 3.05) is 11.9 Å². The molecule has 1 N–H and O–H groups in total. The average molecular weight is 338 g/mol. The maximum Gasteiger partial charge on any atom is 0.233 e. The molecule has 4 atom stereocenters. The van der Waals surface area contributed by atoms with Gasteiger partial charge in [0.25, 0.3) is 0 Å². The molecule has 1 saturated carbocycles. The summed E-state index contributed by atoms with van der Waals surface area (Å²) >= 11 is 0. The van der Waals surface area contributed by atoms with E-state index in [1.54, 1.807) is 0 Å². The first-order chi connectivity index (χ1) is 12.0. The molecule has 1 aliphatic heterocycles. The van der Waals surface area contributed by atoms with E-state index in [0.29, 0.717) is 0 Å². The Labute approximate surface area is 147 Å². The molecule has 2 bridgehead atoms. The maximum atomic E-state index is 12.7. The first kappa shape index (κ1) is 16.1. The number of carbonyl (C=O) groups is 3. The molecule has 130 valence electrons. The lowest BCUT2D eigenvalue weighted by Crippen LogP contribution is -2.38. The summed E-state index contributed by atoms with van der Waals surface area (Å²) in [5, 5.41) is 2.81. The molecule has 5 heteroatoms. The third-order valence-electron chi connectivity index (χ3n) is 5.75. The molecule has 5 nitrogen and oxygen atoms in total. The van der Waals surface area contributed by atoms with Crippen molar-refractivity contribution in [3.63, 3.8) is 0 Å². The van der Waals surface area contributed by atoms with Gasteiger partial charge in [0.15, 0.2) is 0 Å². The highest BCUT2D eigenvalue weighted by Crippen LogP contribution is 2.49. The van der Waals surface area contributed by atoms with Crippen LogP contribution in [-0.2, 0) is 14.4 Å². The molecule has 3 aliphatic carbocycles. The molecule has 25 heavy (non-hydrogen) atoms. The first-order valence-electron chi connectivity index (χ1n) is 8.94. The SMILES string of the molecule is Cc1ccc(NC(=O)CCN2C(=O)[C@H]3[C@H](C2=O)[C@H]2C=C[C@H]3CC2)cc1. The molecule has 1 aromatic carbocycles. The number of amides is 3. The summed E-state index contributed by atoms with van der Waals surface area (Å²) in [7, 11) is 0. The molecule has 1 saturated heterocycles. The van der Waals surface area contributed by atoms with E-state index in [1.807, 2.05) is 31.2 Å². The number of aryl methyl sites for hydroxylation is 1. The van der Waals surface area contributed by atoms with Gasteiger partial charge in [-0.1, -0.05) is 29.8 Å². The predicted octanol–water partition coefficient (Wildman–Crippen LogP) is 2.52. The summed E-state index contributed by atoms with van der Waals surface area (Å²) in [6, 6.07) is 7.54. The smallest absolute Gasteiger partial charge is 0.233 e. The number of imide groups is 1. The van der Waals surface area contributed by atoms with Gasteiger partial charge in [0, 0.05) is 18.7 Å². The van der Waals surface area contributed by atoms with Crippen molar-refractivity contribution in [1.82, 2.24) is 4.90 Å². The molecule has 4 aliphatic rings. The van der Waals surface area contributed by atoms with Crippen molar-refractivity contribution >= 4 is 23.4 Å². The van der Waals surface area contributed by atoms with E-state index in [-0.39, 0.29) is 54.4 Å². The number of benzene rings is 1. The second kappa shape index (κ2) is 6.14. The normalized spacial score (nSPS) is 29.9. The number of rotatable bonds is 4. The van der Waals surface area contributed by atoms with Gasteiger partial charge in [-0.05, 0) is 43.7 Å². The molecule has 0 radical (unpaired) electrons. The Morgan fingerprint density at radius 3 is 2.12 bits per heavy atom. The highest BCUT2D eigenvalue weighted by molar-refractivity contribution is 6.06. The van der Waals surface area contributed by atoms with Crippen LogP contribution in [0.1, 0.15) is 24.8 Å². The van der Waals surface area contributed by atoms with E-state index in [1.165, 1.54) is 4.90 Å². The lowest BCUT2D eigenvalue weighted by Gasteiger charge is -2.38. The van der Waals surface area contributed by atoms with Gasteiger partial charge in [0.1, 0.15) is 0 Å². The molecule has 0 aromatic heterocycles. The zero-order valence-electron chi connectivity index (χ0n) is 14.3. The second-order valence-electron chi connectivity index (χ2n) is 7.33. The fourth-order valence-electron chi connectivity index (χ4n) is 4.43. The van der Waals surface area contributed by atoms with Crippen molar-refractivity contribution in [2.24, 2.45) is 23.7 Å². The Morgan fingerprint density at radius 2 is 1.60 bits per heavy atom. The van der Waals surface area contributed by atoms with Gasteiger partial charge in [-0.25, -0.2) is 0 Å². The molecular weight excluding hydrogens is 316 g/mol. The zero-order valence-corrected chi connectivity index (χ0v) is 14.3. The van der Waals surface area contributed by atoms with Crippen molar-refractivity contribution in [1.29, 1.82) is 0 Å². The minimum Gasteiger partial charge on any atom is -0.326 e. The Kier molecular flexibility index (Phi) is 3.94. The topological polar surface area (TPSA) is 66.5 Å². The number of hydrogen-bond acceptors (Lipinski definition) is 3. The van der Waals surface area contributed by atoms with Crippen LogP contribution in [0.2, 0.25) is 0 Å². The van der Waals surface area contributed by atoms with Gasteiger partial charge in [-0.2, -0.15) is 0 Å². The van der Waals surface area contributed by atoms with E-state index in [2.05, 4.69) is 17.5 Å². The van der Waals surface area contributed by atoms with E-state index in [4.69, 9.17) is 0 Å². The van der Waals surface area contributed by atoms with E-state index >= 15 is 0 Å². The Hall–Kier alpha value is -2.43. The van der Waals surface area contributed by atoms with Crippen molar-refractivity contribution < 1.29 is 14.4 Å². The van der Waals surface area contributed by atoms with Crippen LogP contribution < -0.4 is 5.32 Å². The van der Waals surface area contributed by atoms with Crippen LogP contribution in [0.15, 0.2) is 36.4 Å². The summed E-state index contributed by atoms with van der Waals surface area (Å²) in [6.45, 7) is 2.15. The maximum absolute atomic E-state index is 12.7. The highest BCUT2D eigenvalue weighted by Gasteiger charge is 2.56. The molecular formula is C20H22N2O3. The number of carbonyl (C=O) groups excluding carboxylic acids is 3. The number of likely N-dealkylation sites (tertiary alicyclic amines) is 1. The van der Waals surface area contributed by atoms with Crippen LogP contribution in [0.25, 0.3) is 0 Å². The van der Waals surface area contributed by atoms with Gasteiger partial charge < -0.3 is 5.32 Å². The molecule has 0 spiro atoms. The monoisotopic (exact) mass is 338 g/mol. The number of fused-ring (bicyclic) bond motifs is 1. The third kappa shape index (κ3) is 2.77. The summed E-state index contributed by atoms with van der Waals surface area (Å²) < 4.78 is 0. The van der Waals surface area contributed by atoms with E-state index in [0.717, 1.165) is 24.1 Å². The second-order valence-corrected chi connectivity index (χ2v) is 7.33. The minimum absolute atomic E-state index is 0.0859. The number of allylic oxidation sites excluding steroid dienone is 2. The van der Waals surface area contributed by atoms with E-state index in [9.17, 15) is 14.4 Å². The fraction of sp³-hybridized carbons (Fsp3) is 0.450. The number of hydrogen-bond donors (Lipinski definition) is 1. The van der Waals surface area contributed by atoms with Crippen LogP contribution in [-0.4, -0.2) is 29.2 Å². The first-order valence-corrected chi connectivity index (χ1v) is 8.94. The molecule has 5 rings (SSSR count).